The molecule has 0 spiro atoms. The summed E-state index contributed by atoms with van der Waals surface area (Å²) in [6, 6.07) is 12.3. The molecule has 3 N–H and O–H groups in total. The zero-order chi connectivity index (χ0) is 17.5. The van der Waals surface area contributed by atoms with E-state index in [-0.39, 0.29) is 18.1 Å². The predicted octanol–water partition coefficient (Wildman–Crippen LogP) is 3.83. The fourth-order valence-corrected chi connectivity index (χ4v) is 2.62. The molecular formula is C19H22N2O3. The lowest BCUT2D eigenvalue weighted by Crippen LogP contribution is -2.29. The summed E-state index contributed by atoms with van der Waals surface area (Å²) in [5, 5.41) is 14.8. The number of nitrogens with one attached hydrogen (secondary N) is 2. The first-order chi connectivity index (χ1) is 11.6. The molecule has 2 aromatic carbocycles. The molecule has 0 heterocycles. The molecule has 126 valence electrons. The minimum absolute atomic E-state index is 0.157. The molecule has 24 heavy (non-hydrogen) atoms. The first kappa shape index (κ1) is 17.5. The molecule has 0 aliphatic rings. The molecule has 2 amide bonds. The largest absolute Gasteiger partial charge is 0.478 e. The van der Waals surface area contributed by atoms with Gasteiger partial charge in [0.15, 0.2) is 0 Å². The van der Waals surface area contributed by atoms with Gasteiger partial charge in [-0.05, 0) is 35.6 Å². The van der Waals surface area contributed by atoms with E-state index in [0.717, 1.165) is 29.7 Å². The Balaban J connectivity index is 2.09. The Labute approximate surface area is 141 Å². The summed E-state index contributed by atoms with van der Waals surface area (Å²) in [5.41, 5.74) is 3.76. The maximum absolute atomic E-state index is 12.2. The lowest BCUT2D eigenvalue weighted by Gasteiger charge is -2.15. The lowest BCUT2D eigenvalue weighted by molar-refractivity contribution is 0.0695. The Hall–Kier alpha value is -2.82. The number of carbonyl (C=O) groups excluding carboxylic acids is 1. The van der Waals surface area contributed by atoms with E-state index in [4.69, 9.17) is 0 Å². The van der Waals surface area contributed by atoms with Gasteiger partial charge < -0.3 is 15.7 Å². The standard InChI is InChI=1S/C19H22N2O3/c1-3-13-9-7-10-14(4-2)17(13)21-19(24)20-12-15-8-5-6-11-16(15)18(22)23/h5-11H,3-4,12H2,1-2H3,(H,22,23)(H2,20,21,24). The summed E-state index contributed by atoms with van der Waals surface area (Å²) in [7, 11) is 0. The smallest absolute Gasteiger partial charge is 0.336 e. The molecule has 0 aromatic heterocycles. The number of aromatic carboxylic acids is 1. The molecule has 0 bridgehead atoms. The normalized spacial score (nSPS) is 10.2. The molecule has 0 saturated carbocycles. The molecule has 5 nitrogen and oxygen atoms in total. The van der Waals surface area contributed by atoms with Gasteiger partial charge in [0.1, 0.15) is 0 Å². The van der Waals surface area contributed by atoms with Crippen LogP contribution in [0.15, 0.2) is 42.5 Å². The van der Waals surface area contributed by atoms with Gasteiger partial charge in [0.25, 0.3) is 0 Å². The highest BCUT2D eigenvalue weighted by Gasteiger charge is 2.12. The third-order valence-corrected chi connectivity index (χ3v) is 3.92. The molecular weight excluding hydrogens is 304 g/mol. The number of rotatable bonds is 6. The van der Waals surface area contributed by atoms with Crippen LogP contribution in [0.5, 0.6) is 0 Å². The summed E-state index contributed by atoms with van der Waals surface area (Å²) in [6.07, 6.45) is 1.65. The Bertz CT molecular complexity index is 719. The quantitative estimate of drug-likeness (QED) is 0.755. The van der Waals surface area contributed by atoms with Crippen molar-refractivity contribution in [2.75, 3.05) is 5.32 Å². The Morgan fingerprint density at radius 3 is 2.08 bits per heavy atom. The van der Waals surface area contributed by atoms with E-state index in [2.05, 4.69) is 10.6 Å². The third kappa shape index (κ3) is 4.13. The second-order valence-corrected chi connectivity index (χ2v) is 5.43. The van der Waals surface area contributed by atoms with Crippen molar-refractivity contribution in [3.8, 4) is 0 Å². The summed E-state index contributed by atoms with van der Waals surface area (Å²) in [6.45, 7) is 4.24. The van der Waals surface area contributed by atoms with Crippen LogP contribution in [0.25, 0.3) is 0 Å². The minimum Gasteiger partial charge on any atom is -0.478 e. The van der Waals surface area contributed by atoms with Crippen molar-refractivity contribution in [2.24, 2.45) is 0 Å². The number of urea groups is 1. The number of aryl methyl sites for hydroxylation is 2. The van der Waals surface area contributed by atoms with Gasteiger partial charge in [0.2, 0.25) is 0 Å². The van der Waals surface area contributed by atoms with Crippen LogP contribution < -0.4 is 10.6 Å². The molecule has 0 unspecified atom stereocenters. The maximum atomic E-state index is 12.2. The van der Waals surface area contributed by atoms with E-state index in [9.17, 15) is 14.7 Å². The van der Waals surface area contributed by atoms with Crippen molar-refractivity contribution in [1.82, 2.24) is 5.32 Å². The zero-order valence-electron chi connectivity index (χ0n) is 13.9. The second kappa shape index (κ2) is 8.15. The van der Waals surface area contributed by atoms with Crippen LogP contribution >= 0.6 is 0 Å². The topological polar surface area (TPSA) is 78.4 Å². The van der Waals surface area contributed by atoms with Crippen molar-refractivity contribution < 1.29 is 14.7 Å². The fraction of sp³-hybridized carbons (Fsp3) is 0.263. The van der Waals surface area contributed by atoms with Gasteiger partial charge in [0, 0.05) is 12.2 Å². The molecule has 0 radical (unpaired) electrons. The van der Waals surface area contributed by atoms with E-state index in [1.807, 2.05) is 32.0 Å². The Kier molecular flexibility index (Phi) is 5.95. The molecule has 2 rings (SSSR count). The van der Waals surface area contributed by atoms with Gasteiger partial charge in [-0.3, -0.25) is 0 Å². The van der Waals surface area contributed by atoms with Gasteiger partial charge >= 0.3 is 12.0 Å². The van der Waals surface area contributed by atoms with E-state index in [0.29, 0.717) is 5.56 Å². The maximum Gasteiger partial charge on any atom is 0.336 e. The number of benzene rings is 2. The number of carbonyl (C=O) groups is 2. The number of hydrogen-bond donors (Lipinski definition) is 3. The number of para-hydroxylation sites is 1. The summed E-state index contributed by atoms with van der Waals surface area (Å²) >= 11 is 0. The number of carboxylic acid groups (broad SMARTS) is 1. The summed E-state index contributed by atoms with van der Waals surface area (Å²) in [5.74, 6) is -1.00. The summed E-state index contributed by atoms with van der Waals surface area (Å²) in [4.78, 5) is 23.4. The lowest BCUT2D eigenvalue weighted by atomic mass is 10.0. The molecule has 2 aromatic rings. The average Bonchev–Trinajstić information content (AvgIpc) is 2.60. The second-order valence-electron chi connectivity index (χ2n) is 5.43. The Morgan fingerprint density at radius 1 is 0.917 bits per heavy atom. The SMILES string of the molecule is CCc1cccc(CC)c1NC(=O)NCc1ccccc1C(=O)O. The third-order valence-electron chi connectivity index (χ3n) is 3.92. The van der Waals surface area contributed by atoms with Crippen molar-refractivity contribution in [1.29, 1.82) is 0 Å². The van der Waals surface area contributed by atoms with Crippen LogP contribution in [-0.2, 0) is 19.4 Å². The van der Waals surface area contributed by atoms with E-state index >= 15 is 0 Å². The van der Waals surface area contributed by atoms with Crippen molar-refractivity contribution in [2.45, 2.75) is 33.2 Å². The predicted molar refractivity (Wildman–Crippen MR) is 94.5 cm³/mol. The highest BCUT2D eigenvalue weighted by atomic mass is 16.4. The number of amides is 2. The fourth-order valence-electron chi connectivity index (χ4n) is 2.62. The summed E-state index contributed by atoms with van der Waals surface area (Å²) < 4.78 is 0. The molecule has 0 fully saturated rings. The van der Waals surface area contributed by atoms with Gasteiger partial charge in [0.05, 0.1) is 5.56 Å². The van der Waals surface area contributed by atoms with Crippen LogP contribution in [0.3, 0.4) is 0 Å². The molecule has 0 aliphatic carbocycles. The highest BCUT2D eigenvalue weighted by Crippen LogP contribution is 2.22. The van der Waals surface area contributed by atoms with Gasteiger partial charge in [-0.2, -0.15) is 0 Å². The molecule has 0 aliphatic heterocycles. The molecule has 5 heteroatoms. The molecule has 0 atom stereocenters. The monoisotopic (exact) mass is 326 g/mol. The number of hydrogen-bond acceptors (Lipinski definition) is 2. The van der Waals surface area contributed by atoms with Crippen molar-refractivity contribution in [3.63, 3.8) is 0 Å². The van der Waals surface area contributed by atoms with E-state index in [1.165, 1.54) is 6.07 Å². The molecule has 0 saturated heterocycles. The van der Waals surface area contributed by atoms with Gasteiger partial charge in [-0.15, -0.1) is 0 Å². The van der Waals surface area contributed by atoms with Crippen LogP contribution in [0, 0.1) is 0 Å². The van der Waals surface area contributed by atoms with Crippen LogP contribution in [0.2, 0.25) is 0 Å². The number of carboxylic acids is 1. The number of anilines is 1. The van der Waals surface area contributed by atoms with Crippen LogP contribution in [0.1, 0.15) is 40.9 Å². The minimum atomic E-state index is -1.00. The van der Waals surface area contributed by atoms with E-state index in [1.54, 1.807) is 18.2 Å². The van der Waals surface area contributed by atoms with Crippen molar-refractivity contribution in [3.05, 3.63) is 64.7 Å². The van der Waals surface area contributed by atoms with Gasteiger partial charge in [-0.25, -0.2) is 9.59 Å². The average molecular weight is 326 g/mol. The first-order valence-corrected chi connectivity index (χ1v) is 8.03. The van der Waals surface area contributed by atoms with Crippen molar-refractivity contribution >= 4 is 17.7 Å². The first-order valence-electron chi connectivity index (χ1n) is 8.03. The van der Waals surface area contributed by atoms with Gasteiger partial charge in [-0.1, -0.05) is 50.2 Å². The van der Waals surface area contributed by atoms with E-state index < -0.39 is 5.97 Å². The van der Waals surface area contributed by atoms with Crippen LogP contribution in [-0.4, -0.2) is 17.1 Å². The zero-order valence-corrected chi connectivity index (χ0v) is 13.9. The Morgan fingerprint density at radius 2 is 1.50 bits per heavy atom. The van der Waals surface area contributed by atoms with Crippen LogP contribution in [0.4, 0.5) is 10.5 Å². The highest BCUT2D eigenvalue weighted by molar-refractivity contribution is 5.92.